The molecule has 1 aliphatic rings. The summed E-state index contributed by atoms with van der Waals surface area (Å²) >= 11 is 0. The molecule has 5 nitrogen and oxygen atoms in total. The van der Waals surface area contributed by atoms with Gasteiger partial charge in [-0.05, 0) is 24.6 Å². The fourth-order valence-corrected chi connectivity index (χ4v) is 2.22. The van der Waals surface area contributed by atoms with Crippen LogP contribution in [0.3, 0.4) is 0 Å². The predicted molar refractivity (Wildman–Crippen MR) is 65.2 cm³/mol. The van der Waals surface area contributed by atoms with E-state index in [0.717, 1.165) is 38.2 Å². The van der Waals surface area contributed by atoms with Crippen LogP contribution >= 0.6 is 0 Å². The maximum Gasteiger partial charge on any atom is 0.239 e. The number of nitrogens with one attached hydrogen (secondary N) is 1. The Bertz CT molecular complexity index is 360. The van der Waals surface area contributed by atoms with Gasteiger partial charge in [0.05, 0.1) is 0 Å². The molecule has 1 aromatic heterocycles. The molecule has 1 aliphatic heterocycles. The van der Waals surface area contributed by atoms with Gasteiger partial charge in [-0.3, -0.25) is 14.7 Å². The molecule has 2 heterocycles. The van der Waals surface area contributed by atoms with Crippen LogP contribution < -0.4 is 11.1 Å². The van der Waals surface area contributed by atoms with Crippen LogP contribution in [-0.4, -0.2) is 42.0 Å². The van der Waals surface area contributed by atoms with Gasteiger partial charge >= 0.3 is 0 Å². The lowest BCUT2D eigenvalue weighted by molar-refractivity contribution is -0.123. The second-order valence-corrected chi connectivity index (χ2v) is 4.23. The molecule has 1 fully saturated rings. The van der Waals surface area contributed by atoms with E-state index >= 15 is 0 Å². The van der Waals surface area contributed by atoms with Gasteiger partial charge in [0.25, 0.3) is 0 Å². The van der Waals surface area contributed by atoms with Crippen molar-refractivity contribution in [2.24, 2.45) is 5.73 Å². The van der Waals surface area contributed by atoms with E-state index in [0.29, 0.717) is 0 Å². The highest BCUT2D eigenvalue weighted by atomic mass is 16.1. The molecule has 0 aromatic carbocycles. The average Bonchev–Trinajstić information content (AvgIpc) is 2.59. The van der Waals surface area contributed by atoms with Crippen molar-refractivity contribution in [2.45, 2.75) is 12.5 Å². The number of primary amides is 1. The van der Waals surface area contributed by atoms with Crippen molar-refractivity contribution in [1.82, 2.24) is 15.2 Å². The third-order valence-electron chi connectivity index (χ3n) is 3.01. The Morgan fingerprint density at radius 1 is 1.47 bits per heavy atom. The molecule has 3 N–H and O–H groups in total. The van der Waals surface area contributed by atoms with Gasteiger partial charge in [-0.1, -0.05) is 6.07 Å². The first-order valence-electron chi connectivity index (χ1n) is 5.93. The molecule has 2 rings (SSSR count). The second-order valence-electron chi connectivity index (χ2n) is 4.23. The largest absolute Gasteiger partial charge is 0.368 e. The van der Waals surface area contributed by atoms with Crippen molar-refractivity contribution in [3.8, 4) is 0 Å². The quantitative estimate of drug-likeness (QED) is 0.766. The minimum absolute atomic E-state index is 0.306. The van der Waals surface area contributed by atoms with Crippen LogP contribution in [0, 0.1) is 0 Å². The molecule has 1 atom stereocenters. The van der Waals surface area contributed by atoms with E-state index in [2.05, 4.69) is 15.2 Å². The van der Waals surface area contributed by atoms with Gasteiger partial charge in [0, 0.05) is 32.0 Å². The van der Waals surface area contributed by atoms with Crippen LogP contribution in [0.5, 0.6) is 0 Å². The summed E-state index contributed by atoms with van der Waals surface area (Å²) in [5.41, 5.74) is 6.40. The topological polar surface area (TPSA) is 71.2 Å². The van der Waals surface area contributed by atoms with Gasteiger partial charge in [-0.25, -0.2) is 0 Å². The van der Waals surface area contributed by atoms with Crippen molar-refractivity contribution in [2.75, 3.05) is 26.2 Å². The first-order chi connectivity index (χ1) is 8.29. The van der Waals surface area contributed by atoms with Crippen LogP contribution in [-0.2, 0) is 4.79 Å². The lowest BCUT2D eigenvalue weighted by atomic mass is 10.1. The molecule has 0 spiro atoms. The third kappa shape index (κ3) is 3.01. The van der Waals surface area contributed by atoms with Gasteiger partial charge < -0.3 is 11.1 Å². The Kier molecular flexibility index (Phi) is 4.06. The summed E-state index contributed by atoms with van der Waals surface area (Å²) in [5, 5.41) is 3.31. The van der Waals surface area contributed by atoms with E-state index in [4.69, 9.17) is 5.73 Å². The Hall–Kier alpha value is -1.46. The zero-order valence-electron chi connectivity index (χ0n) is 9.80. The number of rotatable bonds is 3. The van der Waals surface area contributed by atoms with Crippen molar-refractivity contribution in [3.63, 3.8) is 0 Å². The maximum atomic E-state index is 11.6. The molecular formula is C12H18N4O. The summed E-state index contributed by atoms with van der Waals surface area (Å²) in [7, 11) is 0. The summed E-state index contributed by atoms with van der Waals surface area (Å²) in [4.78, 5) is 17.8. The Balaban J connectivity index is 2.19. The lowest BCUT2D eigenvalue weighted by Crippen LogP contribution is -2.39. The number of aromatic nitrogens is 1. The molecule has 1 saturated heterocycles. The third-order valence-corrected chi connectivity index (χ3v) is 3.01. The van der Waals surface area contributed by atoms with Crippen LogP contribution in [0.1, 0.15) is 18.0 Å². The van der Waals surface area contributed by atoms with Crippen molar-refractivity contribution in [3.05, 3.63) is 30.1 Å². The minimum atomic E-state index is -0.358. The summed E-state index contributed by atoms with van der Waals surface area (Å²) in [5.74, 6) is -0.306. The normalized spacial score (nSPS) is 19.5. The molecule has 17 heavy (non-hydrogen) atoms. The van der Waals surface area contributed by atoms with Gasteiger partial charge in [0.1, 0.15) is 6.04 Å². The van der Waals surface area contributed by atoms with Gasteiger partial charge in [-0.15, -0.1) is 0 Å². The molecule has 0 saturated carbocycles. The molecule has 0 radical (unpaired) electrons. The molecule has 0 bridgehead atoms. The monoisotopic (exact) mass is 234 g/mol. The van der Waals surface area contributed by atoms with E-state index in [1.54, 1.807) is 12.4 Å². The number of carbonyl (C=O) groups is 1. The van der Waals surface area contributed by atoms with Crippen LogP contribution in [0.2, 0.25) is 0 Å². The van der Waals surface area contributed by atoms with Crippen molar-refractivity contribution in [1.29, 1.82) is 0 Å². The number of carbonyl (C=O) groups excluding carboxylic acids is 1. The number of nitrogens with two attached hydrogens (primary N) is 1. The van der Waals surface area contributed by atoms with Crippen LogP contribution in [0.25, 0.3) is 0 Å². The molecule has 1 amide bonds. The summed E-state index contributed by atoms with van der Waals surface area (Å²) in [6.45, 7) is 3.61. The number of nitrogens with zero attached hydrogens (tertiary/aromatic N) is 2. The van der Waals surface area contributed by atoms with Crippen molar-refractivity contribution < 1.29 is 4.79 Å². The summed E-state index contributed by atoms with van der Waals surface area (Å²) in [6.07, 6.45) is 4.45. The standard InChI is InChI=1S/C12H18N4O/c13-12(17)11(10-3-1-4-15-9-10)16-7-2-5-14-6-8-16/h1,3-4,9,11,14H,2,5-8H2,(H2,13,17). The van der Waals surface area contributed by atoms with E-state index in [1.807, 2.05) is 12.1 Å². The fraction of sp³-hybridized carbons (Fsp3) is 0.500. The highest BCUT2D eigenvalue weighted by Gasteiger charge is 2.26. The van der Waals surface area contributed by atoms with E-state index in [1.165, 1.54) is 0 Å². The van der Waals surface area contributed by atoms with E-state index in [-0.39, 0.29) is 11.9 Å². The molecular weight excluding hydrogens is 216 g/mol. The smallest absolute Gasteiger partial charge is 0.239 e. The Labute approximate surface area is 101 Å². The Morgan fingerprint density at radius 3 is 3.06 bits per heavy atom. The molecule has 1 unspecified atom stereocenters. The molecule has 5 heteroatoms. The fourth-order valence-electron chi connectivity index (χ4n) is 2.22. The highest BCUT2D eigenvalue weighted by molar-refractivity contribution is 5.81. The zero-order valence-corrected chi connectivity index (χ0v) is 9.80. The number of pyridine rings is 1. The van der Waals surface area contributed by atoms with Gasteiger partial charge in [0.2, 0.25) is 5.91 Å². The average molecular weight is 234 g/mol. The molecule has 0 aliphatic carbocycles. The van der Waals surface area contributed by atoms with Crippen LogP contribution in [0.4, 0.5) is 0 Å². The zero-order chi connectivity index (χ0) is 12.1. The summed E-state index contributed by atoms with van der Waals surface area (Å²) < 4.78 is 0. The van der Waals surface area contributed by atoms with Crippen LogP contribution in [0.15, 0.2) is 24.5 Å². The molecule has 92 valence electrons. The highest BCUT2D eigenvalue weighted by Crippen LogP contribution is 2.20. The SMILES string of the molecule is NC(=O)C(c1cccnc1)N1CCCNCC1. The Morgan fingerprint density at radius 2 is 2.35 bits per heavy atom. The minimum Gasteiger partial charge on any atom is -0.368 e. The van der Waals surface area contributed by atoms with Gasteiger partial charge in [-0.2, -0.15) is 0 Å². The van der Waals surface area contributed by atoms with Gasteiger partial charge in [0.15, 0.2) is 0 Å². The first kappa shape index (κ1) is 12.0. The first-order valence-corrected chi connectivity index (χ1v) is 5.93. The molecule has 1 aromatic rings. The number of amides is 1. The second kappa shape index (κ2) is 5.75. The predicted octanol–water partition coefficient (Wildman–Crippen LogP) is -0.0967. The number of hydrogen-bond acceptors (Lipinski definition) is 4. The summed E-state index contributed by atoms with van der Waals surface area (Å²) in [6, 6.07) is 3.38. The van der Waals surface area contributed by atoms with Crippen molar-refractivity contribution >= 4 is 5.91 Å². The number of hydrogen-bond donors (Lipinski definition) is 2. The van der Waals surface area contributed by atoms with E-state index < -0.39 is 0 Å². The lowest BCUT2D eigenvalue weighted by Gasteiger charge is -2.27. The van der Waals surface area contributed by atoms with E-state index in [9.17, 15) is 4.79 Å². The maximum absolute atomic E-state index is 11.6.